The predicted octanol–water partition coefficient (Wildman–Crippen LogP) is 2.67. The first-order valence-electron chi connectivity index (χ1n) is 11.5. The van der Waals surface area contributed by atoms with Crippen LogP contribution < -0.4 is 5.14 Å². The normalized spacial score (nSPS) is 22.1. The minimum absolute atomic E-state index is 0.0291. The molecule has 3 aromatic rings. The smallest absolute Gasteiger partial charge is 0.390 e. The summed E-state index contributed by atoms with van der Waals surface area (Å²) in [6.45, 7) is -0.382. The van der Waals surface area contributed by atoms with Crippen LogP contribution in [0.5, 0.6) is 0 Å². The first-order chi connectivity index (χ1) is 17.8. The Morgan fingerprint density at radius 1 is 1.24 bits per heavy atom. The average molecular weight is 557 g/mol. The first kappa shape index (κ1) is 27.8. The van der Waals surface area contributed by atoms with Gasteiger partial charge in [-0.25, -0.2) is 19.5 Å². The number of aliphatic hydroxyl groups is 1. The number of carbonyl (C=O) groups excluding carboxylic acids is 1. The molecule has 9 nitrogen and oxygen atoms in total. The van der Waals surface area contributed by atoms with Crippen LogP contribution in [0, 0.1) is 11.8 Å². The zero-order valence-corrected chi connectivity index (χ0v) is 20.6. The fourth-order valence-corrected chi connectivity index (χ4v) is 4.95. The molecule has 0 spiro atoms. The molecule has 0 aliphatic heterocycles. The predicted molar refractivity (Wildman–Crippen MR) is 126 cm³/mol. The molecule has 0 bridgehead atoms. The van der Waals surface area contributed by atoms with E-state index in [2.05, 4.69) is 14.2 Å². The summed E-state index contributed by atoms with van der Waals surface area (Å²) in [5.74, 6) is -2.06. The highest BCUT2D eigenvalue weighted by Crippen LogP contribution is 2.37. The van der Waals surface area contributed by atoms with E-state index in [4.69, 9.17) is 5.14 Å². The van der Waals surface area contributed by atoms with E-state index < -0.39 is 58.5 Å². The minimum Gasteiger partial charge on any atom is -0.390 e. The van der Waals surface area contributed by atoms with Crippen molar-refractivity contribution in [2.75, 3.05) is 6.61 Å². The molecule has 0 unspecified atom stereocenters. The van der Waals surface area contributed by atoms with Gasteiger partial charge in [-0.15, -0.1) is 0 Å². The van der Waals surface area contributed by atoms with Crippen molar-refractivity contribution in [1.82, 2.24) is 14.5 Å². The Balaban J connectivity index is 1.47. The van der Waals surface area contributed by atoms with Gasteiger partial charge in [0.1, 0.15) is 12.5 Å². The number of nitrogens with two attached hydrogens (primary N) is 1. The summed E-state index contributed by atoms with van der Waals surface area (Å²) in [7, 11) is -4.26. The van der Waals surface area contributed by atoms with Gasteiger partial charge in [-0.05, 0) is 42.5 Å². The number of benzene rings is 1. The van der Waals surface area contributed by atoms with Gasteiger partial charge in [0.25, 0.3) is 0 Å². The molecule has 1 aliphatic rings. The molecule has 3 N–H and O–H groups in total. The van der Waals surface area contributed by atoms with Crippen LogP contribution in [0.3, 0.4) is 0 Å². The molecule has 14 heteroatoms. The van der Waals surface area contributed by atoms with E-state index in [1.54, 1.807) is 16.8 Å². The van der Waals surface area contributed by atoms with Crippen LogP contribution in [0.15, 0.2) is 55.2 Å². The number of aromatic nitrogens is 3. The van der Waals surface area contributed by atoms with Gasteiger partial charge < -0.3 is 9.67 Å². The van der Waals surface area contributed by atoms with E-state index in [0.717, 1.165) is 12.1 Å². The van der Waals surface area contributed by atoms with E-state index in [1.165, 1.54) is 30.9 Å². The van der Waals surface area contributed by atoms with Crippen molar-refractivity contribution in [3.8, 4) is 0 Å². The fraction of sp³-hybridized carbons (Fsp3) is 0.375. The van der Waals surface area contributed by atoms with Crippen LogP contribution in [0.25, 0.3) is 0 Å². The van der Waals surface area contributed by atoms with Crippen LogP contribution in [-0.4, -0.2) is 52.7 Å². The highest BCUT2D eigenvalue weighted by Gasteiger charge is 2.43. The van der Waals surface area contributed by atoms with Crippen molar-refractivity contribution in [3.05, 3.63) is 83.2 Å². The van der Waals surface area contributed by atoms with Gasteiger partial charge in [-0.1, -0.05) is 12.1 Å². The van der Waals surface area contributed by atoms with Crippen molar-refractivity contribution < 1.29 is 40.1 Å². The van der Waals surface area contributed by atoms with Gasteiger partial charge in [0.05, 0.1) is 29.5 Å². The zero-order chi connectivity index (χ0) is 27.7. The summed E-state index contributed by atoms with van der Waals surface area (Å²) in [4.78, 5) is 21.2. The highest BCUT2D eigenvalue weighted by atomic mass is 32.2. The maximum absolute atomic E-state index is 14.8. The first-order valence-corrected chi connectivity index (χ1v) is 12.9. The third-order valence-corrected chi connectivity index (χ3v) is 6.90. The summed E-state index contributed by atoms with van der Waals surface area (Å²) in [5.41, 5.74) is 0.202. The third kappa shape index (κ3) is 6.62. The second-order valence-corrected chi connectivity index (χ2v) is 10.4. The number of hydrogen-bond acceptors (Lipinski definition) is 7. The van der Waals surface area contributed by atoms with Gasteiger partial charge in [0, 0.05) is 36.6 Å². The second kappa shape index (κ2) is 10.9. The van der Waals surface area contributed by atoms with E-state index in [9.17, 15) is 35.9 Å². The van der Waals surface area contributed by atoms with Crippen LogP contribution in [-0.2, 0) is 33.6 Å². The Kier molecular flexibility index (Phi) is 7.97. The van der Waals surface area contributed by atoms with Crippen molar-refractivity contribution in [2.24, 2.45) is 17.0 Å². The number of aliphatic hydroxyl groups excluding tert-OH is 1. The number of nitrogens with zero attached hydrogens (tertiary/aromatic N) is 3. The van der Waals surface area contributed by atoms with Crippen molar-refractivity contribution >= 4 is 16.1 Å². The van der Waals surface area contributed by atoms with Gasteiger partial charge in [0.15, 0.2) is 5.78 Å². The van der Waals surface area contributed by atoms with E-state index >= 15 is 0 Å². The molecule has 4 rings (SSSR count). The average Bonchev–Trinajstić information content (AvgIpc) is 3.42. The molecule has 1 aromatic carbocycles. The quantitative estimate of drug-likeness (QED) is 0.305. The second-order valence-electron chi connectivity index (χ2n) is 9.16. The van der Waals surface area contributed by atoms with Crippen LogP contribution in [0.1, 0.15) is 39.2 Å². The standard InChI is InChI=1S/C24H24F4N4O5S/c25-21-16(7-17(23(21)34)12-37-38(29,35)36)8-20-19(9-30-13-31-20)22(33)15-4-5-32(11-15)10-14-2-1-3-18(6-14)24(26,27)28/h1-6,9,11,13,16-17,21,23,34H,7-8,10,12H2,(H2,29,35,36)/t16-,17-,21+,23+/m0/s1. The number of alkyl halides is 4. The summed E-state index contributed by atoms with van der Waals surface area (Å²) in [6, 6.07) is 6.38. The molecule has 1 aliphatic carbocycles. The summed E-state index contributed by atoms with van der Waals surface area (Å²) in [5, 5.41) is 15.0. The summed E-state index contributed by atoms with van der Waals surface area (Å²) in [6.07, 6.45) is -2.10. The molecular weight excluding hydrogens is 532 g/mol. The summed E-state index contributed by atoms with van der Waals surface area (Å²) >= 11 is 0. The lowest BCUT2D eigenvalue weighted by molar-refractivity contribution is -0.137. The molecule has 0 radical (unpaired) electrons. The van der Waals surface area contributed by atoms with Gasteiger partial charge in [-0.3, -0.25) is 8.98 Å². The number of halogens is 4. The molecule has 1 fully saturated rings. The van der Waals surface area contributed by atoms with Gasteiger partial charge in [0.2, 0.25) is 0 Å². The lowest BCUT2D eigenvalue weighted by Crippen LogP contribution is -2.29. The number of hydrogen-bond donors (Lipinski definition) is 2. The van der Waals surface area contributed by atoms with Crippen molar-refractivity contribution in [1.29, 1.82) is 0 Å². The fourth-order valence-electron chi connectivity index (χ4n) is 4.58. The number of ketones is 1. The van der Waals surface area contributed by atoms with E-state index in [-0.39, 0.29) is 36.2 Å². The lowest BCUT2D eigenvalue weighted by Gasteiger charge is -2.15. The minimum atomic E-state index is -4.47. The van der Waals surface area contributed by atoms with Crippen LogP contribution in [0.2, 0.25) is 0 Å². The molecular formula is C24H24F4N4O5S. The topological polar surface area (TPSA) is 137 Å². The molecule has 2 heterocycles. The maximum atomic E-state index is 14.8. The van der Waals surface area contributed by atoms with Gasteiger partial charge in [-0.2, -0.15) is 21.6 Å². The molecule has 38 heavy (non-hydrogen) atoms. The molecule has 204 valence electrons. The van der Waals surface area contributed by atoms with Crippen LogP contribution >= 0.6 is 0 Å². The van der Waals surface area contributed by atoms with Crippen molar-refractivity contribution in [3.63, 3.8) is 0 Å². The molecule has 4 atom stereocenters. The Morgan fingerprint density at radius 3 is 2.71 bits per heavy atom. The maximum Gasteiger partial charge on any atom is 0.416 e. The summed E-state index contributed by atoms with van der Waals surface area (Å²) < 4.78 is 82.0. The Hall–Kier alpha value is -3.20. The van der Waals surface area contributed by atoms with Crippen LogP contribution in [0.4, 0.5) is 17.6 Å². The third-order valence-electron chi connectivity index (χ3n) is 6.44. The SMILES string of the molecule is NS(=O)(=O)OC[C@@H]1C[C@@H](Cc2ncncc2C(=O)c2ccn(Cc3cccc(C(F)(F)F)c3)c2)[C@@H](F)[C@@H]1O. The number of rotatable bonds is 9. The van der Waals surface area contributed by atoms with E-state index in [1.807, 2.05) is 0 Å². The lowest BCUT2D eigenvalue weighted by atomic mass is 9.95. The zero-order valence-electron chi connectivity index (χ0n) is 19.8. The molecule has 2 aromatic heterocycles. The largest absolute Gasteiger partial charge is 0.416 e. The Bertz CT molecular complexity index is 1410. The Labute approximate surface area is 215 Å². The van der Waals surface area contributed by atoms with E-state index in [0.29, 0.717) is 5.56 Å². The van der Waals surface area contributed by atoms with Gasteiger partial charge >= 0.3 is 16.5 Å². The Morgan fingerprint density at radius 2 is 2.00 bits per heavy atom. The molecule has 0 saturated heterocycles. The highest BCUT2D eigenvalue weighted by molar-refractivity contribution is 7.84. The molecule has 1 saturated carbocycles. The van der Waals surface area contributed by atoms with Crippen molar-refractivity contribution in [2.45, 2.75) is 37.8 Å². The number of carbonyl (C=O) groups is 1. The monoisotopic (exact) mass is 556 g/mol. The molecule has 0 amide bonds.